The maximum Gasteiger partial charge on any atom is 0.439 e. The van der Waals surface area contributed by atoms with E-state index in [-0.39, 0.29) is 18.3 Å². The van der Waals surface area contributed by atoms with Crippen LogP contribution in [0.3, 0.4) is 0 Å². The second kappa shape index (κ2) is 8.80. The van der Waals surface area contributed by atoms with E-state index in [2.05, 4.69) is 26.0 Å². The Labute approximate surface area is 176 Å². The fourth-order valence-corrected chi connectivity index (χ4v) is 2.95. The summed E-state index contributed by atoms with van der Waals surface area (Å²) in [4.78, 5) is 26.3. The van der Waals surface area contributed by atoms with E-state index < -0.39 is 5.76 Å². The molecule has 4 aromatic rings. The van der Waals surface area contributed by atoms with Crippen molar-refractivity contribution in [1.82, 2.24) is 10.1 Å². The second-order valence-corrected chi connectivity index (χ2v) is 6.56. The van der Waals surface area contributed by atoms with Crippen LogP contribution in [0.1, 0.15) is 21.5 Å². The number of rotatable bonds is 6. The van der Waals surface area contributed by atoms with Crippen molar-refractivity contribution in [3.05, 3.63) is 100 Å². The molecule has 3 aromatic carbocycles. The summed E-state index contributed by atoms with van der Waals surface area (Å²) in [5.41, 5.74) is 2.84. The maximum atomic E-state index is 12.7. The van der Waals surface area contributed by atoms with E-state index in [4.69, 9.17) is 4.74 Å². The number of nitriles is 1. The maximum absolute atomic E-state index is 12.7. The minimum Gasteiger partial charge on any atom is -0.489 e. The third kappa shape index (κ3) is 4.68. The molecule has 8 nitrogen and oxygen atoms in total. The van der Waals surface area contributed by atoms with E-state index in [0.29, 0.717) is 28.1 Å². The molecule has 0 atom stereocenters. The molecule has 152 valence electrons. The van der Waals surface area contributed by atoms with Crippen LogP contribution >= 0.6 is 0 Å². The van der Waals surface area contributed by atoms with Crippen LogP contribution in [0.15, 0.2) is 82.1 Å². The number of benzene rings is 3. The Balaban J connectivity index is 1.46. The van der Waals surface area contributed by atoms with Crippen molar-refractivity contribution >= 4 is 11.6 Å². The molecule has 0 bridgehead atoms. The summed E-state index contributed by atoms with van der Waals surface area (Å²) in [6.07, 6.45) is 0. The molecular weight excluding hydrogens is 396 g/mol. The van der Waals surface area contributed by atoms with Gasteiger partial charge in [0.15, 0.2) is 5.82 Å². The quantitative estimate of drug-likeness (QED) is 0.498. The lowest BCUT2D eigenvalue weighted by Gasteiger charge is -2.10. The molecule has 0 unspecified atom stereocenters. The van der Waals surface area contributed by atoms with Crippen LogP contribution in [-0.2, 0) is 6.61 Å². The SMILES string of the molecule is N#Cc1ccccc1COc1cccc(C(=O)Nc2cccc(-c3noc(=O)[nH]3)c2)c1. The van der Waals surface area contributed by atoms with Crippen molar-refractivity contribution in [3.8, 4) is 23.2 Å². The van der Waals surface area contributed by atoms with Gasteiger partial charge in [-0.05, 0) is 36.4 Å². The highest BCUT2D eigenvalue weighted by molar-refractivity contribution is 6.04. The number of nitrogens with zero attached hydrogens (tertiary/aromatic N) is 2. The highest BCUT2D eigenvalue weighted by Gasteiger charge is 2.10. The summed E-state index contributed by atoms with van der Waals surface area (Å²) >= 11 is 0. The van der Waals surface area contributed by atoms with Crippen molar-refractivity contribution < 1.29 is 14.1 Å². The predicted molar refractivity (Wildman–Crippen MR) is 112 cm³/mol. The highest BCUT2D eigenvalue weighted by Crippen LogP contribution is 2.21. The molecule has 1 amide bonds. The smallest absolute Gasteiger partial charge is 0.439 e. The topological polar surface area (TPSA) is 121 Å². The summed E-state index contributed by atoms with van der Waals surface area (Å²) in [6.45, 7) is 0.215. The molecule has 0 saturated heterocycles. The number of carbonyl (C=O) groups excluding carboxylic acids is 1. The Morgan fingerprint density at radius 1 is 1.10 bits per heavy atom. The minimum atomic E-state index is -0.654. The van der Waals surface area contributed by atoms with Crippen molar-refractivity contribution in [3.63, 3.8) is 0 Å². The van der Waals surface area contributed by atoms with Gasteiger partial charge in [-0.2, -0.15) is 5.26 Å². The van der Waals surface area contributed by atoms with Crippen molar-refractivity contribution in [2.75, 3.05) is 5.32 Å². The van der Waals surface area contributed by atoms with Crippen LogP contribution in [0, 0.1) is 11.3 Å². The van der Waals surface area contributed by atoms with Gasteiger partial charge < -0.3 is 10.1 Å². The summed E-state index contributed by atoms with van der Waals surface area (Å²) in [6, 6.07) is 22.9. The molecule has 0 aliphatic carbocycles. The van der Waals surface area contributed by atoms with Crippen LogP contribution in [0.2, 0.25) is 0 Å². The monoisotopic (exact) mass is 412 g/mol. The first kappa shape index (κ1) is 19.7. The van der Waals surface area contributed by atoms with Gasteiger partial charge in [-0.3, -0.25) is 14.3 Å². The Morgan fingerprint density at radius 2 is 1.94 bits per heavy atom. The van der Waals surface area contributed by atoms with Gasteiger partial charge in [0.2, 0.25) is 0 Å². The number of hydrogen-bond acceptors (Lipinski definition) is 6. The largest absolute Gasteiger partial charge is 0.489 e. The molecule has 2 N–H and O–H groups in total. The number of carbonyl (C=O) groups is 1. The molecule has 31 heavy (non-hydrogen) atoms. The first-order valence-electron chi connectivity index (χ1n) is 9.31. The zero-order valence-corrected chi connectivity index (χ0v) is 16.2. The third-order valence-electron chi connectivity index (χ3n) is 4.46. The van der Waals surface area contributed by atoms with Crippen molar-refractivity contribution in [2.45, 2.75) is 6.61 Å². The van der Waals surface area contributed by atoms with E-state index in [1.165, 1.54) is 0 Å². The average Bonchev–Trinajstić information content (AvgIpc) is 3.24. The Kier molecular flexibility index (Phi) is 5.58. The van der Waals surface area contributed by atoms with Gasteiger partial charge in [-0.15, -0.1) is 0 Å². The van der Waals surface area contributed by atoms with E-state index in [1.807, 2.05) is 12.1 Å². The molecular formula is C23H16N4O4. The molecule has 4 rings (SSSR count). The Morgan fingerprint density at radius 3 is 2.74 bits per heavy atom. The van der Waals surface area contributed by atoms with Gasteiger partial charge in [-0.1, -0.05) is 41.6 Å². The number of H-pyrrole nitrogens is 1. The van der Waals surface area contributed by atoms with Crippen molar-refractivity contribution in [2.24, 2.45) is 0 Å². The van der Waals surface area contributed by atoms with Crippen LogP contribution < -0.4 is 15.8 Å². The number of amides is 1. The molecule has 0 spiro atoms. The lowest BCUT2D eigenvalue weighted by Crippen LogP contribution is -2.12. The van der Waals surface area contributed by atoms with E-state index in [0.717, 1.165) is 5.56 Å². The Bertz CT molecular complexity index is 1330. The van der Waals surface area contributed by atoms with Crippen LogP contribution in [0.25, 0.3) is 11.4 Å². The second-order valence-electron chi connectivity index (χ2n) is 6.56. The number of aromatic nitrogens is 2. The highest BCUT2D eigenvalue weighted by atomic mass is 16.5. The zero-order valence-electron chi connectivity index (χ0n) is 16.2. The normalized spacial score (nSPS) is 10.3. The van der Waals surface area contributed by atoms with Crippen LogP contribution in [0.5, 0.6) is 5.75 Å². The lowest BCUT2D eigenvalue weighted by atomic mass is 10.1. The molecule has 0 aliphatic heterocycles. The summed E-state index contributed by atoms with van der Waals surface area (Å²) in [7, 11) is 0. The van der Waals surface area contributed by atoms with E-state index in [9.17, 15) is 14.9 Å². The van der Waals surface area contributed by atoms with Gasteiger partial charge in [0, 0.05) is 22.4 Å². The fourth-order valence-electron chi connectivity index (χ4n) is 2.95. The summed E-state index contributed by atoms with van der Waals surface area (Å²) < 4.78 is 10.3. The van der Waals surface area contributed by atoms with Crippen molar-refractivity contribution in [1.29, 1.82) is 5.26 Å². The number of hydrogen-bond donors (Lipinski definition) is 2. The number of aromatic amines is 1. The summed E-state index contributed by atoms with van der Waals surface area (Å²) in [5.74, 6) is -0.198. The zero-order chi connectivity index (χ0) is 21.6. The molecule has 0 radical (unpaired) electrons. The molecule has 0 fully saturated rings. The first-order chi connectivity index (χ1) is 15.1. The fraction of sp³-hybridized carbons (Fsp3) is 0.0435. The molecule has 0 aliphatic rings. The summed E-state index contributed by atoms with van der Waals surface area (Å²) in [5, 5.41) is 15.6. The molecule has 8 heteroatoms. The average molecular weight is 412 g/mol. The Hall–Kier alpha value is -4.64. The first-order valence-corrected chi connectivity index (χ1v) is 9.31. The number of ether oxygens (including phenoxy) is 1. The van der Waals surface area contributed by atoms with Gasteiger partial charge in [0.25, 0.3) is 5.91 Å². The van der Waals surface area contributed by atoms with E-state index in [1.54, 1.807) is 60.7 Å². The molecule has 1 heterocycles. The van der Waals surface area contributed by atoms with Gasteiger partial charge in [0.05, 0.1) is 11.6 Å². The van der Waals surface area contributed by atoms with Gasteiger partial charge >= 0.3 is 5.76 Å². The predicted octanol–water partition coefficient (Wildman–Crippen LogP) is 3.73. The van der Waals surface area contributed by atoms with Crippen LogP contribution in [-0.4, -0.2) is 16.0 Å². The van der Waals surface area contributed by atoms with E-state index >= 15 is 0 Å². The van der Waals surface area contributed by atoms with Crippen LogP contribution in [0.4, 0.5) is 5.69 Å². The number of nitrogens with one attached hydrogen (secondary N) is 2. The van der Waals surface area contributed by atoms with Gasteiger partial charge in [0.1, 0.15) is 12.4 Å². The standard InChI is InChI=1S/C23H16N4O4/c24-13-17-5-1-2-6-18(17)14-30-20-10-4-8-16(12-20)22(28)25-19-9-3-7-15(11-19)21-26-23(29)31-27-21/h1-12H,14H2,(H,25,28)(H,26,27,29). The minimum absolute atomic E-state index is 0.215. The molecule has 0 saturated carbocycles. The lowest BCUT2D eigenvalue weighted by molar-refractivity contribution is 0.102. The molecule has 1 aromatic heterocycles. The number of anilines is 1. The third-order valence-corrected chi connectivity index (χ3v) is 4.46. The van der Waals surface area contributed by atoms with Gasteiger partial charge in [-0.25, -0.2) is 4.79 Å².